The molecule has 0 amide bonds. The van der Waals surface area contributed by atoms with Gasteiger partial charge in [-0.15, -0.1) is 0 Å². The van der Waals surface area contributed by atoms with Crippen LogP contribution in [-0.4, -0.2) is 48.3 Å². The monoisotopic (exact) mass is 275 g/mol. The molecule has 17 heavy (non-hydrogen) atoms. The van der Waals surface area contributed by atoms with Gasteiger partial charge in [-0.3, -0.25) is 4.79 Å². The lowest BCUT2D eigenvalue weighted by Gasteiger charge is -2.21. The topological polar surface area (TPSA) is 74.7 Å². The average molecular weight is 275 g/mol. The lowest BCUT2D eigenvalue weighted by molar-refractivity contribution is -0.140. The minimum Gasteiger partial charge on any atom is -0.480 e. The molecule has 0 spiro atoms. The first kappa shape index (κ1) is 14.2. The molecule has 1 aliphatic heterocycles. The van der Waals surface area contributed by atoms with Crippen LogP contribution >= 0.6 is 0 Å². The van der Waals surface area contributed by atoms with E-state index in [0.717, 1.165) is 0 Å². The van der Waals surface area contributed by atoms with Crippen LogP contribution in [-0.2, 0) is 14.8 Å². The van der Waals surface area contributed by atoms with E-state index in [1.807, 2.05) is 0 Å². The normalized spacial score (nSPS) is 22.9. The fourth-order valence-corrected chi connectivity index (χ4v) is 3.40. The van der Waals surface area contributed by atoms with Crippen molar-refractivity contribution in [3.63, 3.8) is 0 Å². The van der Waals surface area contributed by atoms with Gasteiger partial charge in [0.15, 0.2) is 0 Å². The summed E-state index contributed by atoms with van der Waals surface area (Å²) < 4.78 is 59.6. The van der Waals surface area contributed by atoms with Crippen molar-refractivity contribution in [2.24, 2.45) is 0 Å². The standard InChI is InChI=1S/C8H12F3NO4S/c9-8(10,11)3-5-17(15,16)12-4-1-2-6(12)7(13)14/h6H,1-5H2,(H,13,14)/t6-/m1/s1. The highest BCUT2D eigenvalue weighted by Gasteiger charge is 2.40. The molecular weight excluding hydrogens is 263 g/mol. The molecule has 0 saturated carbocycles. The van der Waals surface area contributed by atoms with E-state index in [-0.39, 0.29) is 13.0 Å². The maximum Gasteiger partial charge on any atom is 0.390 e. The highest BCUT2D eigenvalue weighted by Crippen LogP contribution is 2.25. The molecule has 1 rings (SSSR count). The van der Waals surface area contributed by atoms with Crippen LogP contribution in [0.3, 0.4) is 0 Å². The van der Waals surface area contributed by atoms with E-state index in [9.17, 15) is 26.4 Å². The minimum absolute atomic E-state index is 0.0306. The van der Waals surface area contributed by atoms with Crippen LogP contribution in [0.5, 0.6) is 0 Å². The third-order valence-corrected chi connectivity index (χ3v) is 4.36. The first-order valence-electron chi connectivity index (χ1n) is 4.92. The van der Waals surface area contributed by atoms with Gasteiger partial charge in [0, 0.05) is 6.54 Å². The number of sulfonamides is 1. The molecule has 1 fully saturated rings. The zero-order valence-electron chi connectivity index (χ0n) is 8.77. The summed E-state index contributed by atoms with van der Waals surface area (Å²) >= 11 is 0. The number of nitrogens with zero attached hydrogens (tertiary/aromatic N) is 1. The summed E-state index contributed by atoms with van der Waals surface area (Å²) in [5, 5.41) is 8.75. The Morgan fingerprint density at radius 3 is 2.47 bits per heavy atom. The van der Waals surface area contributed by atoms with Crippen molar-refractivity contribution in [3.8, 4) is 0 Å². The van der Waals surface area contributed by atoms with Gasteiger partial charge in [-0.1, -0.05) is 0 Å². The smallest absolute Gasteiger partial charge is 0.390 e. The summed E-state index contributed by atoms with van der Waals surface area (Å²) in [6.45, 7) is -0.0306. The first-order valence-corrected chi connectivity index (χ1v) is 6.53. The molecule has 0 aromatic heterocycles. The zero-order valence-corrected chi connectivity index (χ0v) is 9.59. The molecule has 0 radical (unpaired) electrons. The highest BCUT2D eigenvalue weighted by atomic mass is 32.2. The van der Waals surface area contributed by atoms with Crippen molar-refractivity contribution < 1.29 is 31.5 Å². The van der Waals surface area contributed by atoms with Gasteiger partial charge in [0.1, 0.15) is 6.04 Å². The second-order valence-corrected chi connectivity index (χ2v) is 5.83. The van der Waals surface area contributed by atoms with E-state index < -0.39 is 40.4 Å². The van der Waals surface area contributed by atoms with Gasteiger partial charge in [0.05, 0.1) is 12.2 Å². The molecule has 1 N–H and O–H groups in total. The fraction of sp³-hybridized carbons (Fsp3) is 0.875. The Morgan fingerprint density at radius 2 is 2.00 bits per heavy atom. The van der Waals surface area contributed by atoms with E-state index in [1.54, 1.807) is 0 Å². The molecule has 1 aliphatic rings. The van der Waals surface area contributed by atoms with E-state index in [1.165, 1.54) is 0 Å². The minimum atomic E-state index is -4.56. The van der Waals surface area contributed by atoms with Gasteiger partial charge in [-0.25, -0.2) is 8.42 Å². The van der Waals surface area contributed by atoms with E-state index in [4.69, 9.17) is 5.11 Å². The molecule has 9 heteroatoms. The number of hydrogen-bond acceptors (Lipinski definition) is 3. The molecule has 1 saturated heterocycles. The number of carboxylic acids is 1. The number of halogens is 3. The van der Waals surface area contributed by atoms with Gasteiger partial charge < -0.3 is 5.11 Å². The maximum absolute atomic E-state index is 11.9. The van der Waals surface area contributed by atoms with Crippen LogP contribution in [0.4, 0.5) is 13.2 Å². The molecule has 5 nitrogen and oxygen atoms in total. The number of alkyl halides is 3. The van der Waals surface area contributed by atoms with Crippen LogP contribution in [0.15, 0.2) is 0 Å². The van der Waals surface area contributed by atoms with E-state index in [0.29, 0.717) is 10.7 Å². The van der Waals surface area contributed by atoms with Gasteiger partial charge in [0.2, 0.25) is 10.0 Å². The van der Waals surface area contributed by atoms with Crippen molar-refractivity contribution in [1.29, 1.82) is 0 Å². The summed E-state index contributed by atoms with van der Waals surface area (Å²) in [6.07, 6.45) is -5.54. The van der Waals surface area contributed by atoms with Gasteiger partial charge in [0.25, 0.3) is 0 Å². The van der Waals surface area contributed by atoms with E-state index >= 15 is 0 Å². The molecule has 0 aromatic carbocycles. The highest BCUT2D eigenvalue weighted by molar-refractivity contribution is 7.89. The summed E-state index contributed by atoms with van der Waals surface area (Å²) in [7, 11) is -4.15. The van der Waals surface area contributed by atoms with Crippen LogP contribution in [0, 0.1) is 0 Å². The predicted octanol–water partition coefficient (Wildman–Crippen LogP) is 0.818. The van der Waals surface area contributed by atoms with Crippen molar-refractivity contribution >= 4 is 16.0 Å². The molecule has 0 aliphatic carbocycles. The van der Waals surface area contributed by atoms with Gasteiger partial charge >= 0.3 is 12.1 Å². The van der Waals surface area contributed by atoms with Crippen molar-refractivity contribution in [2.45, 2.75) is 31.5 Å². The average Bonchev–Trinajstić information content (AvgIpc) is 2.62. The number of carbonyl (C=O) groups is 1. The molecule has 0 aromatic rings. The van der Waals surface area contributed by atoms with Crippen LogP contribution < -0.4 is 0 Å². The second kappa shape index (κ2) is 4.81. The maximum atomic E-state index is 11.9. The van der Waals surface area contributed by atoms with Crippen LogP contribution in [0.25, 0.3) is 0 Å². The molecule has 0 unspecified atom stereocenters. The Bertz CT molecular complexity index is 392. The van der Waals surface area contributed by atoms with Crippen LogP contribution in [0.1, 0.15) is 19.3 Å². The third kappa shape index (κ3) is 3.84. The van der Waals surface area contributed by atoms with Crippen LogP contribution in [0.2, 0.25) is 0 Å². The Labute approximate surface area is 96.3 Å². The quantitative estimate of drug-likeness (QED) is 0.824. The predicted molar refractivity (Wildman–Crippen MR) is 51.8 cm³/mol. The van der Waals surface area contributed by atoms with E-state index in [2.05, 4.69) is 0 Å². The van der Waals surface area contributed by atoms with Crippen molar-refractivity contribution in [3.05, 3.63) is 0 Å². The summed E-state index contributed by atoms with van der Waals surface area (Å²) in [4.78, 5) is 10.7. The molecule has 1 atom stereocenters. The third-order valence-electron chi connectivity index (χ3n) is 2.49. The Kier molecular flexibility index (Phi) is 4.03. The summed E-state index contributed by atoms with van der Waals surface area (Å²) in [5.74, 6) is -2.42. The number of rotatable bonds is 4. The summed E-state index contributed by atoms with van der Waals surface area (Å²) in [6, 6.07) is -1.23. The Balaban J connectivity index is 2.73. The number of hydrogen-bond donors (Lipinski definition) is 1. The summed E-state index contributed by atoms with van der Waals surface area (Å²) in [5.41, 5.74) is 0. The lowest BCUT2D eigenvalue weighted by atomic mass is 10.2. The van der Waals surface area contributed by atoms with Crippen molar-refractivity contribution in [1.82, 2.24) is 4.31 Å². The largest absolute Gasteiger partial charge is 0.480 e. The molecule has 1 heterocycles. The van der Waals surface area contributed by atoms with Crippen molar-refractivity contribution in [2.75, 3.05) is 12.3 Å². The lowest BCUT2D eigenvalue weighted by Crippen LogP contribution is -2.42. The first-order chi connectivity index (χ1) is 7.63. The van der Waals surface area contributed by atoms with Gasteiger partial charge in [-0.2, -0.15) is 17.5 Å². The second-order valence-electron chi connectivity index (χ2n) is 3.79. The number of aliphatic carboxylic acids is 1. The Hall–Kier alpha value is -0.830. The molecular formula is C8H12F3NO4S. The van der Waals surface area contributed by atoms with Gasteiger partial charge in [-0.05, 0) is 12.8 Å². The molecule has 100 valence electrons. The Morgan fingerprint density at radius 1 is 1.41 bits per heavy atom. The number of carboxylic acid groups (broad SMARTS) is 1. The fourth-order valence-electron chi connectivity index (χ4n) is 1.68. The zero-order chi connectivity index (χ0) is 13.3. The SMILES string of the molecule is O=C(O)[C@H]1CCCN1S(=O)(=O)CCC(F)(F)F. The molecule has 0 bridgehead atoms.